The summed E-state index contributed by atoms with van der Waals surface area (Å²) in [7, 11) is 0. The molecule has 1 amide bonds. The van der Waals surface area contributed by atoms with Gasteiger partial charge in [0, 0.05) is 18.5 Å². The molecule has 0 radical (unpaired) electrons. The molecule has 0 bridgehead atoms. The van der Waals surface area contributed by atoms with Crippen LogP contribution in [0.5, 0.6) is 0 Å². The molecule has 0 aliphatic carbocycles. The Morgan fingerprint density at radius 1 is 1.08 bits per heavy atom. The number of hydrogen-bond donors (Lipinski definition) is 1. The number of para-hydroxylation sites is 2. The van der Waals surface area contributed by atoms with Crippen molar-refractivity contribution in [3.8, 4) is 0 Å². The molecule has 0 atom stereocenters. The van der Waals surface area contributed by atoms with E-state index in [4.69, 9.17) is 4.42 Å². The predicted molar refractivity (Wildman–Crippen MR) is 81.5 cm³/mol. The first-order valence-corrected chi connectivity index (χ1v) is 7.23. The van der Waals surface area contributed by atoms with Crippen molar-refractivity contribution in [3.05, 3.63) is 65.5 Å². The molecule has 1 aromatic heterocycles. The van der Waals surface area contributed by atoms with Crippen LogP contribution < -0.4 is 5.32 Å². The molecule has 0 aliphatic rings. The lowest BCUT2D eigenvalue weighted by Gasteiger charge is -2.08. The highest BCUT2D eigenvalue weighted by Crippen LogP contribution is 2.29. The molecule has 24 heavy (non-hydrogen) atoms. The number of aromatic nitrogens is 1. The van der Waals surface area contributed by atoms with E-state index in [9.17, 15) is 18.0 Å². The second-order valence-electron chi connectivity index (χ2n) is 5.16. The van der Waals surface area contributed by atoms with Gasteiger partial charge in [-0.05, 0) is 36.4 Å². The van der Waals surface area contributed by atoms with Crippen LogP contribution in [0.2, 0.25) is 0 Å². The standard InChI is InChI=1S/C17H13F3N2O2/c18-17(19,20)12-7-5-11(6-8-12)16(23)21-10-9-15-22-13-3-1-2-4-14(13)24-15/h1-8H,9-10H2,(H,21,23). The Hall–Kier alpha value is -2.83. The summed E-state index contributed by atoms with van der Waals surface area (Å²) in [6.07, 6.45) is -4.02. The summed E-state index contributed by atoms with van der Waals surface area (Å²) in [5.74, 6) is 0.0451. The van der Waals surface area contributed by atoms with E-state index in [1.54, 1.807) is 6.07 Å². The first kappa shape index (κ1) is 16.0. The van der Waals surface area contributed by atoms with Crippen LogP contribution in [0, 0.1) is 0 Å². The Kier molecular flexibility index (Phi) is 4.24. The zero-order chi connectivity index (χ0) is 17.2. The first-order chi connectivity index (χ1) is 11.4. The van der Waals surface area contributed by atoms with Crippen LogP contribution in [0.4, 0.5) is 13.2 Å². The highest BCUT2D eigenvalue weighted by atomic mass is 19.4. The van der Waals surface area contributed by atoms with E-state index in [-0.39, 0.29) is 12.1 Å². The Morgan fingerprint density at radius 2 is 1.79 bits per heavy atom. The van der Waals surface area contributed by atoms with Crippen molar-refractivity contribution in [2.75, 3.05) is 6.54 Å². The van der Waals surface area contributed by atoms with Crippen LogP contribution in [0.15, 0.2) is 52.9 Å². The van der Waals surface area contributed by atoms with Gasteiger partial charge in [-0.3, -0.25) is 4.79 Å². The maximum Gasteiger partial charge on any atom is 0.416 e. The fourth-order valence-electron chi connectivity index (χ4n) is 2.22. The summed E-state index contributed by atoms with van der Waals surface area (Å²) in [5, 5.41) is 2.63. The number of carbonyl (C=O) groups is 1. The van der Waals surface area contributed by atoms with Gasteiger partial charge in [-0.15, -0.1) is 0 Å². The third-order valence-corrected chi connectivity index (χ3v) is 3.44. The lowest BCUT2D eigenvalue weighted by molar-refractivity contribution is -0.137. The normalized spacial score (nSPS) is 11.6. The van der Waals surface area contributed by atoms with E-state index in [1.165, 1.54) is 0 Å². The van der Waals surface area contributed by atoms with Crippen molar-refractivity contribution >= 4 is 17.0 Å². The van der Waals surface area contributed by atoms with E-state index in [0.717, 1.165) is 29.8 Å². The minimum atomic E-state index is -4.41. The molecular weight excluding hydrogens is 321 g/mol. The number of halogens is 3. The molecule has 0 fully saturated rings. The van der Waals surface area contributed by atoms with Crippen molar-refractivity contribution in [1.82, 2.24) is 10.3 Å². The summed E-state index contributed by atoms with van der Waals surface area (Å²) in [5.41, 5.74) is 0.786. The Balaban J connectivity index is 1.57. The van der Waals surface area contributed by atoms with Crippen molar-refractivity contribution in [2.24, 2.45) is 0 Å². The third kappa shape index (κ3) is 3.56. The zero-order valence-corrected chi connectivity index (χ0v) is 12.4. The smallest absolute Gasteiger partial charge is 0.416 e. The number of carbonyl (C=O) groups excluding carboxylic acids is 1. The molecule has 0 spiro atoms. The largest absolute Gasteiger partial charge is 0.441 e. The zero-order valence-electron chi connectivity index (χ0n) is 12.4. The van der Waals surface area contributed by atoms with Gasteiger partial charge < -0.3 is 9.73 Å². The fourth-order valence-corrected chi connectivity index (χ4v) is 2.22. The fraction of sp³-hybridized carbons (Fsp3) is 0.176. The van der Waals surface area contributed by atoms with Crippen molar-refractivity contribution in [1.29, 1.82) is 0 Å². The molecule has 0 saturated carbocycles. The van der Waals surface area contributed by atoms with E-state index in [0.29, 0.717) is 17.9 Å². The van der Waals surface area contributed by atoms with Crippen molar-refractivity contribution in [3.63, 3.8) is 0 Å². The average molecular weight is 334 g/mol. The monoisotopic (exact) mass is 334 g/mol. The second kappa shape index (κ2) is 6.35. The van der Waals surface area contributed by atoms with Gasteiger partial charge in [0.2, 0.25) is 0 Å². The molecule has 1 N–H and O–H groups in total. The maximum absolute atomic E-state index is 12.5. The molecule has 1 heterocycles. The number of alkyl halides is 3. The van der Waals surface area contributed by atoms with Gasteiger partial charge in [0.05, 0.1) is 5.56 Å². The van der Waals surface area contributed by atoms with Crippen molar-refractivity contribution in [2.45, 2.75) is 12.6 Å². The highest BCUT2D eigenvalue weighted by Gasteiger charge is 2.30. The SMILES string of the molecule is O=C(NCCc1nc2ccccc2o1)c1ccc(C(F)(F)F)cc1. The lowest BCUT2D eigenvalue weighted by atomic mass is 10.1. The quantitative estimate of drug-likeness (QED) is 0.789. The number of nitrogens with one attached hydrogen (secondary N) is 1. The van der Waals surface area contributed by atoms with Crippen LogP contribution >= 0.6 is 0 Å². The van der Waals surface area contributed by atoms with Gasteiger partial charge in [0.15, 0.2) is 11.5 Å². The molecular formula is C17H13F3N2O2. The summed E-state index contributed by atoms with van der Waals surface area (Å²) in [6.45, 7) is 0.271. The minimum absolute atomic E-state index is 0.167. The van der Waals surface area contributed by atoms with E-state index in [2.05, 4.69) is 10.3 Å². The van der Waals surface area contributed by atoms with Gasteiger partial charge in [-0.1, -0.05) is 12.1 Å². The van der Waals surface area contributed by atoms with E-state index < -0.39 is 17.6 Å². The van der Waals surface area contributed by atoms with Gasteiger partial charge in [0.1, 0.15) is 5.52 Å². The predicted octanol–water partition coefficient (Wildman–Crippen LogP) is 3.82. The Morgan fingerprint density at radius 3 is 2.46 bits per heavy atom. The second-order valence-corrected chi connectivity index (χ2v) is 5.16. The van der Waals surface area contributed by atoms with Crippen LogP contribution in [0.25, 0.3) is 11.1 Å². The number of amides is 1. The maximum atomic E-state index is 12.5. The molecule has 0 unspecified atom stereocenters. The molecule has 0 saturated heterocycles. The van der Waals surface area contributed by atoms with Crippen LogP contribution in [0.1, 0.15) is 21.8 Å². The molecule has 2 aromatic carbocycles. The Labute approximate surface area is 135 Å². The van der Waals surface area contributed by atoms with Crippen LogP contribution in [-0.4, -0.2) is 17.4 Å². The molecule has 7 heteroatoms. The molecule has 124 valence electrons. The van der Waals surface area contributed by atoms with Crippen LogP contribution in [-0.2, 0) is 12.6 Å². The van der Waals surface area contributed by atoms with E-state index >= 15 is 0 Å². The highest BCUT2D eigenvalue weighted by molar-refractivity contribution is 5.94. The van der Waals surface area contributed by atoms with Gasteiger partial charge in [0.25, 0.3) is 5.91 Å². The molecule has 0 aliphatic heterocycles. The Bertz CT molecular complexity index is 821. The molecule has 3 aromatic rings. The minimum Gasteiger partial charge on any atom is -0.441 e. The number of hydrogen-bond acceptors (Lipinski definition) is 3. The number of nitrogens with zero attached hydrogens (tertiary/aromatic N) is 1. The molecule has 4 nitrogen and oxygen atoms in total. The van der Waals surface area contributed by atoms with Crippen LogP contribution in [0.3, 0.4) is 0 Å². The first-order valence-electron chi connectivity index (χ1n) is 7.23. The summed E-state index contributed by atoms with van der Waals surface area (Å²) < 4.78 is 43.0. The average Bonchev–Trinajstić information content (AvgIpc) is 2.96. The summed E-state index contributed by atoms with van der Waals surface area (Å²) in [6, 6.07) is 11.4. The van der Waals surface area contributed by atoms with Gasteiger partial charge >= 0.3 is 6.18 Å². The summed E-state index contributed by atoms with van der Waals surface area (Å²) in [4.78, 5) is 16.2. The van der Waals surface area contributed by atoms with Crippen molar-refractivity contribution < 1.29 is 22.4 Å². The number of oxazole rings is 1. The van der Waals surface area contributed by atoms with E-state index in [1.807, 2.05) is 18.2 Å². The number of benzene rings is 2. The molecule has 3 rings (SSSR count). The summed E-state index contributed by atoms with van der Waals surface area (Å²) >= 11 is 0. The lowest BCUT2D eigenvalue weighted by Crippen LogP contribution is -2.25. The topological polar surface area (TPSA) is 55.1 Å². The van der Waals surface area contributed by atoms with Gasteiger partial charge in [-0.25, -0.2) is 4.98 Å². The number of rotatable bonds is 4. The third-order valence-electron chi connectivity index (χ3n) is 3.44. The number of fused-ring (bicyclic) bond motifs is 1. The van der Waals surface area contributed by atoms with Gasteiger partial charge in [-0.2, -0.15) is 13.2 Å².